The van der Waals surface area contributed by atoms with Crippen LogP contribution in [0.2, 0.25) is 0 Å². The molecule has 1 fully saturated rings. The molecule has 8 heteroatoms. The lowest BCUT2D eigenvalue weighted by Gasteiger charge is -2.28. The molecule has 162 valence electrons. The van der Waals surface area contributed by atoms with Crippen molar-refractivity contribution in [2.24, 2.45) is 0 Å². The van der Waals surface area contributed by atoms with Gasteiger partial charge in [0, 0.05) is 39.3 Å². The molecule has 4 heterocycles. The number of thiocarbonyl (C=S) groups is 1. The second-order valence-corrected chi connectivity index (χ2v) is 10.0. The van der Waals surface area contributed by atoms with Gasteiger partial charge in [-0.15, -0.1) is 11.3 Å². The maximum absolute atomic E-state index is 5.87. The van der Waals surface area contributed by atoms with Crippen molar-refractivity contribution in [1.82, 2.24) is 19.9 Å². The van der Waals surface area contributed by atoms with Crippen molar-refractivity contribution < 1.29 is 0 Å². The third-order valence-corrected chi connectivity index (χ3v) is 7.88. The Morgan fingerprint density at radius 2 is 1.91 bits per heavy atom. The number of benzene rings is 1. The Kier molecular flexibility index (Phi) is 5.61. The van der Waals surface area contributed by atoms with E-state index in [1.807, 2.05) is 29.9 Å². The molecule has 1 aliphatic rings. The van der Waals surface area contributed by atoms with Crippen molar-refractivity contribution in [2.45, 2.75) is 32.9 Å². The maximum atomic E-state index is 5.87. The molecule has 0 radical (unpaired) electrons. The summed E-state index contributed by atoms with van der Waals surface area (Å²) in [4.78, 5) is 11.4. The SMILES string of the molecule is Cc1cc(N2C(=S)N[C@@H](c3ccccn3)[C@H]2c2cc(C)n(-c3nccs3)c2C)ccc1Br. The Morgan fingerprint density at radius 1 is 1.06 bits per heavy atom. The van der Waals surface area contributed by atoms with E-state index in [1.54, 1.807) is 11.3 Å². The number of rotatable bonds is 4. The Bertz CT molecular complexity index is 1280. The van der Waals surface area contributed by atoms with Crippen molar-refractivity contribution >= 4 is 50.3 Å². The molecular weight excluding hydrogens is 502 g/mol. The van der Waals surface area contributed by atoms with Gasteiger partial charge in [-0.25, -0.2) is 4.98 Å². The van der Waals surface area contributed by atoms with Gasteiger partial charge in [-0.05, 0) is 80.5 Å². The molecule has 0 unspecified atom stereocenters. The third-order valence-electron chi connectivity index (χ3n) is 5.92. The largest absolute Gasteiger partial charge is 0.351 e. The molecule has 5 nitrogen and oxygen atoms in total. The Labute approximate surface area is 205 Å². The molecule has 4 aromatic rings. The summed E-state index contributed by atoms with van der Waals surface area (Å²) in [6.45, 7) is 6.38. The number of aryl methyl sites for hydroxylation is 2. The van der Waals surface area contributed by atoms with Crippen molar-refractivity contribution in [3.8, 4) is 5.13 Å². The Balaban J connectivity index is 1.69. The lowest BCUT2D eigenvalue weighted by Crippen LogP contribution is -2.29. The van der Waals surface area contributed by atoms with Crippen LogP contribution in [-0.4, -0.2) is 19.6 Å². The normalized spacial score (nSPS) is 18.2. The fourth-order valence-electron chi connectivity index (χ4n) is 4.44. The van der Waals surface area contributed by atoms with Crippen LogP contribution in [0.1, 0.15) is 40.3 Å². The van der Waals surface area contributed by atoms with Gasteiger partial charge in [0.15, 0.2) is 10.2 Å². The average molecular weight is 525 g/mol. The first-order valence-electron chi connectivity index (χ1n) is 10.3. The highest BCUT2D eigenvalue weighted by molar-refractivity contribution is 9.10. The summed E-state index contributed by atoms with van der Waals surface area (Å²) in [5, 5.41) is 7.23. The van der Waals surface area contributed by atoms with Crippen LogP contribution in [0.3, 0.4) is 0 Å². The predicted molar refractivity (Wildman–Crippen MR) is 138 cm³/mol. The highest BCUT2D eigenvalue weighted by atomic mass is 79.9. The number of nitrogens with zero attached hydrogens (tertiary/aromatic N) is 4. The standard InChI is InChI=1S/C24H22BrN5S2/c1-14-12-17(7-8-19(14)25)30-22(21(28-23(30)31)20-6-4-5-9-26-20)18-13-15(2)29(16(18)3)24-27-10-11-32-24/h4-13,21-22H,1-3H3,(H,28,31)/t21-,22+/m0/s1. The maximum Gasteiger partial charge on any atom is 0.193 e. The zero-order valence-corrected chi connectivity index (χ0v) is 21.1. The molecule has 1 N–H and O–H groups in total. The van der Waals surface area contributed by atoms with E-state index >= 15 is 0 Å². The topological polar surface area (TPSA) is 46.0 Å². The van der Waals surface area contributed by atoms with E-state index in [0.29, 0.717) is 5.11 Å². The third kappa shape index (κ3) is 3.56. The zero-order chi connectivity index (χ0) is 22.4. The fourth-order valence-corrected chi connectivity index (χ4v) is 5.78. The highest BCUT2D eigenvalue weighted by Gasteiger charge is 2.42. The zero-order valence-electron chi connectivity index (χ0n) is 17.9. The first kappa shape index (κ1) is 21.3. The summed E-state index contributed by atoms with van der Waals surface area (Å²) in [5.74, 6) is 0. The minimum Gasteiger partial charge on any atom is -0.351 e. The van der Waals surface area contributed by atoms with Gasteiger partial charge in [-0.3, -0.25) is 9.55 Å². The molecular formula is C24H22BrN5S2. The molecule has 0 amide bonds. The number of nitrogens with one attached hydrogen (secondary N) is 1. The summed E-state index contributed by atoms with van der Waals surface area (Å²) < 4.78 is 3.31. The quantitative estimate of drug-likeness (QED) is 0.323. The first-order valence-corrected chi connectivity index (χ1v) is 12.4. The molecule has 2 atom stereocenters. The van der Waals surface area contributed by atoms with Gasteiger partial charge in [-0.1, -0.05) is 22.0 Å². The minimum absolute atomic E-state index is 0.0436. The van der Waals surface area contributed by atoms with Gasteiger partial charge >= 0.3 is 0 Å². The number of pyridine rings is 1. The molecule has 1 aliphatic heterocycles. The molecule has 5 rings (SSSR count). The van der Waals surface area contributed by atoms with Crippen LogP contribution in [-0.2, 0) is 0 Å². The smallest absolute Gasteiger partial charge is 0.193 e. The van der Waals surface area contributed by atoms with Crippen LogP contribution in [0.15, 0.2) is 64.7 Å². The van der Waals surface area contributed by atoms with E-state index in [4.69, 9.17) is 12.2 Å². The van der Waals surface area contributed by atoms with Gasteiger partial charge in [0.1, 0.15) is 0 Å². The number of aromatic nitrogens is 3. The van der Waals surface area contributed by atoms with Crippen molar-refractivity contribution in [2.75, 3.05) is 4.90 Å². The number of anilines is 1. The number of halogens is 1. The summed E-state index contributed by atoms with van der Waals surface area (Å²) in [5.41, 5.74) is 6.71. The van der Waals surface area contributed by atoms with E-state index in [0.717, 1.165) is 32.4 Å². The minimum atomic E-state index is -0.0714. The van der Waals surface area contributed by atoms with E-state index < -0.39 is 0 Å². The van der Waals surface area contributed by atoms with Gasteiger partial charge < -0.3 is 10.2 Å². The lowest BCUT2D eigenvalue weighted by molar-refractivity contribution is 0.565. The molecule has 0 bridgehead atoms. The van der Waals surface area contributed by atoms with Crippen molar-refractivity contribution in [1.29, 1.82) is 0 Å². The van der Waals surface area contributed by atoms with Crippen LogP contribution >= 0.6 is 39.5 Å². The summed E-state index contributed by atoms with van der Waals surface area (Å²) in [6.07, 6.45) is 3.68. The van der Waals surface area contributed by atoms with Gasteiger partial charge in [0.25, 0.3) is 0 Å². The molecule has 0 aliphatic carbocycles. The molecule has 0 saturated carbocycles. The molecule has 1 aromatic carbocycles. The first-order chi connectivity index (χ1) is 15.5. The van der Waals surface area contributed by atoms with Gasteiger partial charge in [0.05, 0.1) is 17.8 Å². The van der Waals surface area contributed by atoms with E-state index in [1.165, 1.54) is 11.1 Å². The average Bonchev–Trinajstić information content (AvgIpc) is 3.49. The van der Waals surface area contributed by atoms with Crippen molar-refractivity contribution in [3.63, 3.8) is 0 Å². The van der Waals surface area contributed by atoms with Crippen molar-refractivity contribution in [3.05, 3.63) is 92.9 Å². The summed E-state index contributed by atoms with van der Waals surface area (Å²) >= 11 is 11.1. The van der Waals surface area contributed by atoms with Crippen LogP contribution < -0.4 is 10.2 Å². The summed E-state index contributed by atoms with van der Waals surface area (Å²) in [6, 6.07) is 14.5. The number of hydrogen-bond donors (Lipinski definition) is 1. The fraction of sp³-hybridized carbons (Fsp3) is 0.208. The van der Waals surface area contributed by atoms with Gasteiger partial charge in [-0.2, -0.15) is 0 Å². The van der Waals surface area contributed by atoms with Crippen LogP contribution in [0.5, 0.6) is 0 Å². The molecule has 32 heavy (non-hydrogen) atoms. The Morgan fingerprint density at radius 3 is 2.59 bits per heavy atom. The van der Waals surface area contributed by atoms with E-state index in [9.17, 15) is 0 Å². The van der Waals surface area contributed by atoms with E-state index in [-0.39, 0.29) is 12.1 Å². The monoisotopic (exact) mass is 523 g/mol. The summed E-state index contributed by atoms with van der Waals surface area (Å²) in [7, 11) is 0. The number of hydrogen-bond acceptors (Lipinski definition) is 4. The second kappa shape index (κ2) is 8.42. The Hall–Kier alpha value is -2.55. The highest BCUT2D eigenvalue weighted by Crippen LogP contribution is 2.44. The van der Waals surface area contributed by atoms with Crippen LogP contribution in [0.25, 0.3) is 5.13 Å². The second-order valence-electron chi connectivity index (χ2n) is 7.91. The lowest BCUT2D eigenvalue weighted by atomic mass is 9.96. The van der Waals surface area contributed by atoms with Gasteiger partial charge in [0.2, 0.25) is 0 Å². The molecule has 0 spiro atoms. The van der Waals surface area contributed by atoms with Crippen LogP contribution in [0.4, 0.5) is 5.69 Å². The van der Waals surface area contributed by atoms with E-state index in [2.05, 4.69) is 91.8 Å². The van der Waals surface area contributed by atoms with Crippen LogP contribution in [0, 0.1) is 20.8 Å². The number of thiazole rings is 1. The molecule has 3 aromatic heterocycles. The predicted octanol–water partition coefficient (Wildman–Crippen LogP) is 6.19. The molecule has 1 saturated heterocycles.